The van der Waals surface area contributed by atoms with Gasteiger partial charge in [0, 0.05) is 39.3 Å². The molecule has 5 rings (SSSR count). The number of aromatic amines is 2. The van der Waals surface area contributed by atoms with Crippen molar-refractivity contribution in [2.24, 2.45) is 0 Å². The van der Waals surface area contributed by atoms with E-state index in [1.165, 1.54) is 11.8 Å². The molecule has 0 aliphatic heterocycles. The summed E-state index contributed by atoms with van der Waals surface area (Å²) in [4.78, 5) is 19.6. The van der Waals surface area contributed by atoms with Gasteiger partial charge in [-0.1, -0.05) is 48.2 Å². The van der Waals surface area contributed by atoms with Crippen molar-refractivity contribution in [1.82, 2.24) is 20.2 Å². The molecule has 3 heterocycles. The van der Waals surface area contributed by atoms with Crippen molar-refractivity contribution in [3.63, 3.8) is 0 Å². The van der Waals surface area contributed by atoms with E-state index in [1.807, 2.05) is 68.6 Å². The molecule has 2 N–H and O–H groups in total. The van der Waals surface area contributed by atoms with Gasteiger partial charge in [-0.2, -0.15) is 0 Å². The molecule has 0 amide bonds. The quantitative estimate of drug-likeness (QED) is 0.305. The summed E-state index contributed by atoms with van der Waals surface area (Å²) in [5.74, 6) is 0.477. The molecule has 0 fully saturated rings. The zero-order valence-electron chi connectivity index (χ0n) is 15.9. The Morgan fingerprint density at radius 3 is 2.59 bits per heavy atom. The van der Waals surface area contributed by atoms with Gasteiger partial charge in [0.25, 0.3) is 11.1 Å². The van der Waals surface area contributed by atoms with E-state index in [-0.39, 0.29) is 11.0 Å². The lowest BCUT2D eigenvalue weighted by molar-refractivity contribution is 0.0994. The van der Waals surface area contributed by atoms with Crippen molar-refractivity contribution in [2.75, 3.05) is 0 Å². The zero-order valence-corrected chi connectivity index (χ0v) is 16.7. The summed E-state index contributed by atoms with van der Waals surface area (Å²) in [6.07, 6.45) is 1.86. The monoisotopic (exact) mass is 402 g/mol. The number of benzene rings is 2. The van der Waals surface area contributed by atoms with Crippen LogP contribution in [0.5, 0.6) is 0 Å². The number of hydrogen-bond donors (Lipinski definition) is 2. The minimum atomic E-state index is -0.357. The molecular formula is C22H18N4O2S. The van der Waals surface area contributed by atoms with Crippen LogP contribution in [0.2, 0.25) is 0 Å². The van der Waals surface area contributed by atoms with E-state index in [1.54, 1.807) is 0 Å². The number of H-pyrrole nitrogens is 2. The highest BCUT2D eigenvalue weighted by Crippen LogP contribution is 2.32. The summed E-state index contributed by atoms with van der Waals surface area (Å²) in [5, 5.41) is 10.3. The lowest BCUT2D eigenvalue weighted by Crippen LogP contribution is -2.14. The van der Waals surface area contributed by atoms with E-state index in [4.69, 9.17) is 4.42 Å². The number of aryl methyl sites for hydroxylation is 1. The Hall–Kier alpha value is -3.32. The maximum absolute atomic E-state index is 13.1. The van der Waals surface area contributed by atoms with Gasteiger partial charge in [0.1, 0.15) is 0 Å². The number of nitrogens with zero attached hydrogens (tertiary/aromatic N) is 2. The molecule has 0 aliphatic carbocycles. The smallest absolute Gasteiger partial charge is 0.277 e. The molecule has 0 aliphatic rings. The van der Waals surface area contributed by atoms with E-state index < -0.39 is 0 Å². The summed E-state index contributed by atoms with van der Waals surface area (Å²) >= 11 is 1.28. The molecule has 144 valence electrons. The van der Waals surface area contributed by atoms with Crippen LogP contribution in [0.3, 0.4) is 0 Å². The van der Waals surface area contributed by atoms with Gasteiger partial charge in [0.2, 0.25) is 0 Å². The zero-order chi connectivity index (χ0) is 20.0. The van der Waals surface area contributed by atoms with Crippen LogP contribution in [0.4, 0.5) is 0 Å². The van der Waals surface area contributed by atoms with Crippen molar-refractivity contribution >= 4 is 39.4 Å². The number of thioether (sulfide) groups is 1. The molecule has 0 radical (unpaired) electrons. The highest BCUT2D eigenvalue weighted by molar-refractivity contribution is 8.00. The van der Waals surface area contributed by atoms with Crippen molar-refractivity contribution in [2.45, 2.75) is 24.3 Å². The molecule has 0 spiro atoms. The Morgan fingerprint density at radius 1 is 1.03 bits per heavy atom. The summed E-state index contributed by atoms with van der Waals surface area (Å²) in [6.45, 7) is 3.79. The molecule has 0 unspecified atom stereocenters. The van der Waals surface area contributed by atoms with Crippen LogP contribution in [0.1, 0.15) is 23.0 Å². The standard InChI is InChI=1S/C22H18N4O2S/c1-12-19(15-8-4-6-10-18(15)24-12)20(27)13(2)29-22-26-25-21(28-22)16-11-23-17-9-5-3-7-14(16)17/h3-11,13,23-24H,1-2H3/t13-/m1/s1. The number of rotatable bonds is 5. The molecule has 0 saturated heterocycles. The van der Waals surface area contributed by atoms with Crippen LogP contribution in [0.15, 0.2) is 64.4 Å². The maximum atomic E-state index is 13.1. The van der Waals surface area contributed by atoms with E-state index in [0.717, 1.165) is 38.6 Å². The van der Waals surface area contributed by atoms with E-state index in [2.05, 4.69) is 20.2 Å². The molecule has 5 aromatic rings. The van der Waals surface area contributed by atoms with Crippen LogP contribution < -0.4 is 0 Å². The summed E-state index contributed by atoms with van der Waals surface area (Å²) in [7, 11) is 0. The van der Waals surface area contributed by atoms with Gasteiger partial charge in [-0.05, 0) is 26.0 Å². The molecule has 0 bridgehead atoms. The third-order valence-corrected chi connectivity index (χ3v) is 5.95. The second-order valence-corrected chi connectivity index (χ2v) is 8.21. The van der Waals surface area contributed by atoms with E-state index in [0.29, 0.717) is 11.1 Å². The number of fused-ring (bicyclic) bond motifs is 2. The first-order valence-corrected chi connectivity index (χ1v) is 10.2. The van der Waals surface area contributed by atoms with Crippen LogP contribution >= 0.6 is 11.8 Å². The molecule has 1 atom stereocenters. The number of Topliss-reactive ketones (excluding diaryl/α,β-unsaturated/α-hetero) is 1. The largest absolute Gasteiger partial charge is 0.411 e. The highest BCUT2D eigenvalue weighted by atomic mass is 32.2. The number of carbonyl (C=O) groups excluding carboxylic acids is 1. The second-order valence-electron chi connectivity index (χ2n) is 6.92. The van der Waals surface area contributed by atoms with Crippen LogP contribution in [0, 0.1) is 6.92 Å². The second kappa shape index (κ2) is 6.93. The van der Waals surface area contributed by atoms with Gasteiger partial charge in [0.15, 0.2) is 5.78 Å². The minimum absolute atomic E-state index is 0.0387. The van der Waals surface area contributed by atoms with Crippen LogP contribution in [-0.2, 0) is 0 Å². The minimum Gasteiger partial charge on any atom is -0.411 e. The Bertz CT molecular complexity index is 1350. The van der Waals surface area contributed by atoms with E-state index >= 15 is 0 Å². The highest BCUT2D eigenvalue weighted by Gasteiger charge is 2.24. The first-order valence-electron chi connectivity index (χ1n) is 9.30. The number of ketones is 1. The predicted molar refractivity (Wildman–Crippen MR) is 114 cm³/mol. The van der Waals surface area contributed by atoms with Gasteiger partial charge < -0.3 is 14.4 Å². The number of para-hydroxylation sites is 2. The summed E-state index contributed by atoms with van der Waals surface area (Å²) in [5.41, 5.74) is 4.41. The maximum Gasteiger partial charge on any atom is 0.277 e. The SMILES string of the molecule is Cc1[nH]c2ccccc2c1C(=O)[C@@H](C)Sc1nnc(-c2c[nH]c3ccccc23)o1. The van der Waals surface area contributed by atoms with Gasteiger partial charge in [-0.25, -0.2) is 0 Å². The number of carbonyl (C=O) groups is 1. The first kappa shape index (κ1) is 17.8. The number of nitrogens with one attached hydrogen (secondary N) is 2. The van der Waals surface area contributed by atoms with Crippen molar-refractivity contribution in [3.8, 4) is 11.5 Å². The average Bonchev–Trinajstić information content (AvgIpc) is 3.43. The van der Waals surface area contributed by atoms with Crippen LogP contribution in [-0.4, -0.2) is 31.2 Å². The average molecular weight is 402 g/mol. The molecule has 29 heavy (non-hydrogen) atoms. The van der Waals surface area contributed by atoms with Gasteiger partial charge in [0.05, 0.1) is 10.8 Å². The lowest BCUT2D eigenvalue weighted by atomic mass is 10.1. The molecule has 0 saturated carbocycles. The first-order chi connectivity index (χ1) is 14.1. The summed E-state index contributed by atoms with van der Waals surface area (Å²) in [6, 6.07) is 15.8. The Balaban J connectivity index is 1.41. The predicted octanol–water partition coefficient (Wildman–Crippen LogP) is 5.37. The Kier molecular flexibility index (Phi) is 4.24. The Morgan fingerprint density at radius 2 is 1.76 bits per heavy atom. The molecule has 3 aromatic heterocycles. The van der Waals surface area contributed by atoms with Gasteiger partial charge in [-0.3, -0.25) is 4.79 Å². The topological polar surface area (TPSA) is 87.6 Å². The fourth-order valence-corrected chi connectivity index (χ4v) is 4.36. The van der Waals surface area contributed by atoms with Crippen molar-refractivity contribution < 1.29 is 9.21 Å². The third-order valence-electron chi connectivity index (χ3n) is 5.01. The van der Waals surface area contributed by atoms with Crippen molar-refractivity contribution in [3.05, 3.63) is 66.0 Å². The normalized spacial score (nSPS) is 12.6. The number of aromatic nitrogens is 4. The lowest BCUT2D eigenvalue weighted by Gasteiger charge is -2.07. The molecule has 7 heteroatoms. The van der Waals surface area contributed by atoms with Crippen LogP contribution in [0.25, 0.3) is 33.3 Å². The molecule has 6 nitrogen and oxygen atoms in total. The third kappa shape index (κ3) is 3.03. The Labute approximate surface area is 170 Å². The molecule has 2 aromatic carbocycles. The number of hydrogen-bond acceptors (Lipinski definition) is 5. The van der Waals surface area contributed by atoms with Gasteiger partial charge >= 0.3 is 0 Å². The van der Waals surface area contributed by atoms with E-state index in [9.17, 15) is 4.79 Å². The fraction of sp³-hybridized carbons (Fsp3) is 0.136. The summed E-state index contributed by atoms with van der Waals surface area (Å²) < 4.78 is 5.85. The van der Waals surface area contributed by atoms with Gasteiger partial charge in [-0.15, -0.1) is 10.2 Å². The fourth-order valence-electron chi connectivity index (χ4n) is 3.62. The molecular weight excluding hydrogens is 384 g/mol. The van der Waals surface area contributed by atoms with Crippen molar-refractivity contribution in [1.29, 1.82) is 0 Å².